The molecule has 0 aliphatic heterocycles. The third-order valence-corrected chi connectivity index (χ3v) is 6.75. The molecule has 0 radical (unpaired) electrons. The number of nitrogens with one attached hydrogen (secondary N) is 1. The first-order valence-electron chi connectivity index (χ1n) is 9.81. The average Bonchev–Trinajstić information content (AvgIpc) is 2.80. The van der Waals surface area contributed by atoms with E-state index >= 15 is 0 Å². The van der Waals surface area contributed by atoms with Crippen molar-refractivity contribution in [2.75, 3.05) is 11.9 Å². The van der Waals surface area contributed by atoms with Crippen LogP contribution in [0.4, 0.5) is 11.4 Å². The molecule has 170 valence electrons. The second-order valence-electron chi connectivity index (χ2n) is 6.89. The molecular formula is C22H20BrN5O4S. The molecule has 1 aromatic heterocycles. The number of aromatic nitrogens is 1. The van der Waals surface area contributed by atoms with Crippen molar-refractivity contribution >= 4 is 37.3 Å². The van der Waals surface area contributed by atoms with E-state index in [0.717, 1.165) is 4.57 Å². The second kappa shape index (κ2) is 10.5. The molecule has 11 heteroatoms. The van der Waals surface area contributed by atoms with Gasteiger partial charge in [-0.15, -0.1) is 5.11 Å². The zero-order chi connectivity index (χ0) is 24.0. The number of halogens is 1. The number of pyridine rings is 1. The summed E-state index contributed by atoms with van der Waals surface area (Å²) in [6.07, 6.45) is 0.655. The Labute approximate surface area is 199 Å². The summed E-state index contributed by atoms with van der Waals surface area (Å²) in [6.45, 7) is 1.81. The van der Waals surface area contributed by atoms with E-state index < -0.39 is 21.5 Å². The zero-order valence-corrected chi connectivity index (χ0v) is 20.0. The van der Waals surface area contributed by atoms with Crippen LogP contribution in [-0.4, -0.2) is 30.0 Å². The molecule has 0 bridgehead atoms. The van der Waals surface area contributed by atoms with Crippen LogP contribution in [0, 0.1) is 18.3 Å². The number of para-hydroxylation sites is 1. The van der Waals surface area contributed by atoms with Crippen LogP contribution in [0.15, 0.2) is 74.5 Å². The number of sulfonamides is 1. The molecule has 0 aliphatic rings. The molecule has 9 nitrogen and oxygen atoms in total. The van der Waals surface area contributed by atoms with Crippen LogP contribution in [0.3, 0.4) is 0 Å². The highest BCUT2D eigenvalue weighted by atomic mass is 79.9. The van der Waals surface area contributed by atoms with Crippen LogP contribution in [-0.2, 0) is 10.0 Å². The standard InChI is InChI=1S/C22H20BrN5O4S/c1-15-19(14-24)21(29)28(17-6-3-2-4-7-17)22(30)20(15)27-26-16-8-10-18(11-9-16)33(31,32)25-13-5-12-23/h2-4,6-11,25,29H,5,12-13H2,1H3. The topological polar surface area (TPSA) is 137 Å². The Kier molecular flexibility index (Phi) is 7.75. The molecule has 0 atom stereocenters. The molecule has 0 fully saturated rings. The van der Waals surface area contributed by atoms with Gasteiger partial charge in [0, 0.05) is 17.4 Å². The lowest BCUT2D eigenvalue weighted by atomic mass is 10.1. The van der Waals surface area contributed by atoms with E-state index in [0.29, 0.717) is 29.7 Å². The monoisotopic (exact) mass is 529 g/mol. The van der Waals surface area contributed by atoms with E-state index in [1.165, 1.54) is 31.2 Å². The zero-order valence-electron chi connectivity index (χ0n) is 17.6. The molecular weight excluding hydrogens is 510 g/mol. The third kappa shape index (κ3) is 5.36. The minimum Gasteiger partial charge on any atom is -0.493 e. The van der Waals surface area contributed by atoms with E-state index in [1.54, 1.807) is 30.3 Å². The first kappa shape index (κ1) is 24.3. The van der Waals surface area contributed by atoms with Crippen molar-refractivity contribution in [3.8, 4) is 17.6 Å². The second-order valence-corrected chi connectivity index (χ2v) is 9.45. The van der Waals surface area contributed by atoms with Gasteiger partial charge in [-0.3, -0.25) is 4.79 Å². The minimum absolute atomic E-state index is 0.0787. The highest BCUT2D eigenvalue weighted by Crippen LogP contribution is 2.29. The van der Waals surface area contributed by atoms with Gasteiger partial charge in [0.1, 0.15) is 11.6 Å². The highest BCUT2D eigenvalue weighted by Gasteiger charge is 2.20. The smallest absolute Gasteiger partial charge is 0.286 e. The summed E-state index contributed by atoms with van der Waals surface area (Å²) in [5, 5.41) is 28.7. The fourth-order valence-corrected chi connectivity index (χ4v) is 4.34. The Morgan fingerprint density at radius 1 is 1.12 bits per heavy atom. The van der Waals surface area contributed by atoms with Gasteiger partial charge in [-0.25, -0.2) is 17.7 Å². The van der Waals surface area contributed by atoms with Crippen molar-refractivity contribution < 1.29 is 13.5 Å². The number of benzene rings is 2. The van der Waals surface area contributed by atoms with Gasteiger partial charge in [-0.05, 0) is 49.7 Å². The number of rotatable bonds is 8. The highest BCUT2D eigenvalue weighted by molar-refractivity contribution is 9.09. The van der Waals surface area contributed by atoms with Crippen molar-refractivity contribution in [3.63, 3.8) is 0 Å². The molecule has 0 spiro atoms. The average molecular weight is 530 g/mol. The van der Waals surface area contributed by atoms with Crippen LogP contribution in [0.25, 0.3) is 5.69 Å². The quantitative estimate of drug-likeness (QED) is 0.256. The van der Waals surface area contributed by atoms with Gasteiger partial charge in [0.15, 0.2) is 5.69 Å². The number of nitrogens with zero attached hydrogens (tertiary/aromatic N) is 4. The maximum Gasteiger partial charge on any atom is 0.286 e. The van der Waals surface area contributed by atoms with E-state index in [-0.39, 0.29) is 21.7 Å². The van der Waals surface area contributed by atoms with Crippen molar-refractivity contribution in [3.05, 3.63) is 76.1 Å². The van der Waals surface area contributed by atoms with Crippen LogP contribution in [0.2, 0.25) is 0 Å². The summed E-state index contributed by atoms with van der Waals surface area (Å²) in [7, 11) is -3.64. The Morgan fingerprint density at radius 2 is 1.79 bits per heavy atom. The molecule has 0 unspecified atom stereocenters. The van der Waals surface area contributed by atoms with Gasteiger partial charge in [-0.2, -0.15) is 10.4 Å². The fraction of sp³-hybridized carbons (Fsp3) is 0.182. The predicted molar refractivity (Wildman–Crippen MR) is 127 cm³/mol. The third-order valence-electron chi connectivity index (χ3n) is 4.71. The van der Waals surface area contributed by atoms with Gasteiger partial charge in [0.2, 0.25) is 15.9 Å². The largest absolute Gasteiger partial charge is 0.493 e. The van der Waals surface area contributed by atoms with Gasteiger partial charge in [-0.1, -0.05) is 34.1 Å². The normalized spacial score (nSPS) is 11.5. The molecule has 0 amide bonds. The Bertz CT molecular complexity index is 1380. The first-order chi connectivity index (χ1) is 15.8. The number of nitriles is 1. The Balaban J connectivity index is 1.98. The van der Waals surface area contributed by atoms with Gasteiger partial charge in [0.05, 0.1) is 16.3 Å². The van der Waals surface area contributed by atoms with E-state index in [9.17, 15) is 23.6 Å². The molecule has 1 heterocycles. The first-order valence-corrected chi connectivity index (χ1v) is 12.4. The lowest BCUT2D eigenvalue weighted by Gasteiger charge is -2.12. The molecule has 33 heavy (non-hydrogen) atoms. The maximum atomic E-state index is 13.1. The van der Waals surface area contributed by atoms with E-state index in [4.69, 9.17) is 0 Å². The van der Waals surface area contributed by atoms with E-state index in [2.05, 4.69) is 30.9 Å². The van der Waals surface area contributed by atoms with Crippen LogP contribution in [0.1, 0.15) is 17.5 Å². The predicted octanol–water partition coefficient (Wildman–Crippen LogP) is 4.20. The number of alkyl halides is 1. The van der Waals surface area contributed by atoms with Gasteiger partial charge in [0.25, 0.3) is 5.56 Å². The fourth-order valence-electron chi connectivity index (χ4n) is 2.99. The summed E-state index contributed by atoms with van der Waals surface area (Å²) in [6, 6.07) is 16.0. The Hall–Kier alpha value is -3.33. The SMILES string of the molecule is Cc1c(C#N)c(O)n(-c2ccccc2)c(=O)c1N=Nc1ccc(S(=O)(=O)NCCCBr)cc1. The summed E-state index contributed by atoms with van der Waals surface area (Å²) >= 11 is 3.25. The number of hydrogen-bond acceptors (Lipinski definition) is 7. The molecule has 0 saturated carbocycles. The Morgan fingerprint density at radius 3 is 2.39 bits per heavy atom. The number of azo groups is 1. The van der Waals surface area contributed by atoms with Gasteiger partial charge < -0.3 is 5.11 Å². The number of aromatic hydroxyl groups is 1. The summed E-state index contributed by atoms with van der Waals surface area (Å²) in [4.78, 5) is 13.1. The summed E-state index contributed by atoms with van der Waals surface area (Å²) in [5.74, 6) is -0.480. The van der Waals surface area contributed by atoms with Crippen LogP contribution < -0.4 is 10.3 Å². The molecule has 3 rings (SSSR count). The minimum atomic E-state index is -3.64. The molecule has 2 aromatic carbocycles. The molecule has 2 N–H and O–H groups in total. The summed E-state index contributed by atoms with van der Waals surface area (Å²) < 4.78 is 28.1. The molecule has 3 aromatic rings. The van der Waals surface area contributed by atoms with E-state index in [1.807, 2.05) is 6.07 Å². The molecule has 0 saturated heterocycles. The van der Waals surface area contributed by atoms with Crippen molar-refractivity contribution in [2.24, 2.45) is 10.2 Å². The summed E-state index contributed by atoms with van der Waals surface area (Å²) in [5.41, 5.74) is 0.0194. The van der Waals surface area contributed by atoms with Crippen LogP contribution in [0.5, 0.6) is 5.88 Å². The maximum absolute atomic E-state index is 13.1. The lowest BCUT2D eigenvalue weighted by molar-refractivity contribution is 0.433. The van der Waals surface area contributed by atoms with Crippen molar-refractivity contribution in [1.82, 2.24) is 9.29 Å². The molecule has 0 aliphatic carbocycles. The van der Waals surface area contributed by atoms with Crippen molar-refractivity contribution in [2.45, 2.75) is 18.2 Å². The lowest BCUT2D eigenvalue weighted by Crippen LogP contribution is -2.24. The van der Waals surface area contributed by atoms with Crippen LogP contribution >= 0.6 is 15.9 Å². The van der Waals surface area contributed by atoms with Crippen molar-refractivity contribution in [1.29, 1.82) is 5.26 Å². The number of hydrogen-bond donors (Lipinski definition) is 2. The van der Waals surface area contributed by atoms with Gasteiger partial charge >= 0.3 is 0 Å².